The average molecular weight is 503 g/mol. The number of nitrogens with two attached hydrogens (primary N) is 2. The summed E-state index contributed by atoms with van der Waals surface area (Å²) in [5.74, 6) is 0.949. The zero-order chi connectivity index (χ0) is 25.5. The number of carbonyl (C=O) groups is 2. The number of hydrogen-bond acceptors (Lipinski definition) is 9. The monoisotopic (exact) mass is 502 g/mol. The third kappa shape index (κ3) is 6.06. The van der Waals surface area contributed by atoms with Crippen LogP contribution in [0.1, 0.15) is 52.7 Å². The molecule has 10 nitrogen and oxygen atoms in total. The number of piperazine rings is 1. The fraction of sp³-hybridized carbons (Fsp3) is 0.542. The summed E-state index contributed by atoms with van der Waals surface area (Å²) in [5.41, 5.74) is 12.0. The Balaban J connectivity index is 0.00000167. The van der Waals surface area contributed by atoms with Crippen LogP contribution in [0.25, 0.3) is 0 Å². The van der Waals surface area contributed by atoms with Crippen LogP contribution < -0.4 is 16.4 Å². The third-order valence-corrected chi connectivity index (χ3v) is 6.91. The van der Waals surface area contributed by atoms with Crippen LogP contribution in [0.4, 0.5) is 11.6 Å². The van der Waals surface area contributed by atoms with Crippen LogP contribution in [0.3, 0.4) is 0 Å². The highest BCUT2D eigenvalue weighted by Gasteiger charge is 2.35. The highest BCUT2D eigenvalue weighted by molar-refractivity contribution is 6.29. The number of aromatic nitrogens is 3. The molecule has 2 fully saturated rings. The number of aryl methyl sites for hydroxylation is 1. The van der Waals surface area contributed by atoms with Gasteiger partial charge < -0.3 is 21.3 Å². The third-order valence-electron chi connectivity index (χ3n) is 6.70. The number of anilines is 2. The van der Waals surface area contributed by atoms with Gasteiger partial charge in [-0.05, 0) is 45.4 Å². The molecule has 4 rings (SSSR count). The minimum absolute atomic E-state index is 0.0835. The van der Waals surface area contributed by atoms with E-state index < -0.39 is 0 Å². The minimum atomic E-state index is -0.0835. The second-order valence-electron chi connectivity index (χ2n) is 8.66. The van der Waals surface area contributed by atoms with Crippen LogP contribution in [0.5, 0.6) is 0 Å². The normalized spacial score (nSPS) is 19.2. The molecule has 1 atom stereocenters. The molecule has 0 aromatic carbocycles. The van der Waals surface area contributed by atoms with Crippen molar-refractivity contribution >= 4 is 35.4 Å². The van der Waals surface area contributed by atoms with Crippen molar-refractivity contribution in [1.29, 1.82) is 0 Å². The molecule has 1 amide bonds. The first-order valence-electron chi connectivity index (χ1n) is 12.0. The lowest BCUT2D eigenvalue weighted by Crippen LogP contribution is -2.59. The maximum Gasteiger partial charge on any atom is 0.257 e. The lowest BCUT2D eigenvalue weighted by atomic mass is 9.97. The number of nitrogen functional groups attached to an aromatic ring is 1. The number of likely N-dealkylation sites (tertiary alicyclic amines) is 1. The van der Waals surface area contributed by atoms with E-state index in [2.05, 4.69) is 37.4 Å². The zero-order valence-corrected chi connectivity index (χ0v) is 21.4. The number of hydrogen-bond donors (Lipinski definition) is 2. The second kappa shape index (κ2) is 12.2. The van der Waals surface area contributed by atoms with E-state index in [0.717, 1.165) is 56.7 Å². The molecule has 0 saturated carbocycles. The van der Waals surface area contributed by atoms with E-state index in [4.69, 9.17) is 17.3 Å². The number of piperidine rings is 1. The van der Waals surface area contributed by atoms with Gasteiger partial charge in [0.15, 0.2) is 6.29 Å². The maximum atomic E-state index is 12.9. The lowest BCUT2D eigenvalue weighted by Gasteiger charge is -2.47. The first kappa shape index (κ1) is 26.8. The van der Waals surface area contributed by atoms with Crippen molar-refractivity contribution in [2.45, 2.75) is 45.2 Å². The summed E-state index contributed by atoms with van der Waals surface area (Å²) < 4.78 is 0. The molecule has 0 spiro atoms. The van der Waals surface area contributed by atoms with Crippen molar-refractivity contribution in [3.05, 3.63) is 40.4 Å². The van der Waals surface area contributed by atoms with E-state index in [1.807, 2.05) is 11.8 Å². The Bertz CT molecular complexity index is 1030. The first-order valence-corrected chi connectivity index (χ1v) is 12.4. The van der Waals surface area contributed by atoms with Gasteiger partial charge in [0.1, 0.15) is 22.5 Å². The number of pyridine rings is 1. The molecule has 2 aliphatic rings. The van der Waals surface area contributed by atoms with Crippen LogP contribution in [-0.2, 0) is 0 Å². The molecule has 190 valence electrons. The lowest BCUT2D eigenvalue weighted by molar-refractivity contribution is 0.0491. The number of amides is 1. The molecule has 4 N–H and O–H groups in total. The summed E-state index contributed by atoms with van der Waals surface area (Å²) in [6.07, 6.45) is 5.15. The fourth-order valence-electron chi connectivity index (χ4n) is 4.97. The van der Waals surface area contributed by atoms with Crippen molar-refractivity contribution < 1.29 is 9.59 Å². The molecule has 1 unspecified atom stereocenters. The van der Waals surface area contributed by atoms with Gasteiger partial charge in [0.2, 0.25) is 0 Å². The van der Waals surface area contributed by atoms with Gasteiger partial charge in [0.05, 0.1) is 17.5 Å². The SMILES string of the molecule is CCC1CN(c2ncc(C=O)nc2C)CCN1C1CCN(C(=O)c2ccc(Cl)nc2N)CC1.CN. The minimum Gasteiger partial charge on any atom is -0.383 e. The van der Waals surface area contributed by atoms with E-state index in [0.29, 0.717) is 36.4 Å². The van der Waals surface area contributed by atoms with Crippen molar-refractivity contribution in [3.63, 3.8) is 0 Å². The van der Waals surface area contributed by atoms with Crippen LogP contribution in [0.2, 0.25) is 5.15 Å². The summed E-state index contributed by atoms with van der Waals surface area (Å²) >= 11 is 5.87. The van der Waals surface area contributed by atoms with E-state index in [-0.39, 0.29) is 16.9 Å². The summed E-state index contributed by atoms with van der Waals surface area (Å²) in [4.78, 5) is 43.5. The highest BCUT2D eigenvalue weighted by atomic mass is 35.5. The Hall–Kier alpha value is -2.82. The summed E-state index contributed by atoms with van der Waals surface area (Å²) in [7, 11) is 1.50. The number of rotatable bonds is 5. The molecule has 2 aliphatic heterocycles. The standard InChI is InChI=1S/C23H30ClN7O2.CH5N/c1-3-17-13-30(22-15(2)27-16(14-32)12-26-22)10-11-31(17)18-6-8-29(9-7-18)23(33)19-4-5-20(24)28-21(19)25;1-2/h4-5,12,14,17-18H,3,6-11,13H2,1-2H3,(H2,25,28);2H2,1H3. The van der Waals surface area contributed by atoms with Gasteiger partial charge in [0.25, 0.3) is 5.91 Å². The number of nitrogens with zero attached hydrogens (tertiary/aromatic N) is 6. The molecular formula is C24H35ClN8O2. The second-order valence-corrected chi connectivity index (χ2v) is 9.05. The van der Waals surface area contributed by atoms with Crippen molar-refractivity contribution in [2.75, 3.05) is 50.4 Å². The molecule has 0 aliphatic carbocycles. The van der Waals surface area contributed by atoms with E-state index in [1.165, 1.54) is 7.05 Å². The number of halogens is 1. The van der Waals surface area contributed by atoms with Gasteiger partial charge in [-0.15, -0.1) is 0 Å². The Morgan fingerprint density at radius 3 is 2.49 bits per heavy atom. The van der Waals surface area contributed by atoms with Gasteiger partial charge in [-0.1, -0.05) is 18.5 Å². The topological polar surface area (TPSA) is 135 Å². The summed E-state index contributed by atoms with van der Waals surface area (Å²) in [6.45, 7) is 8.17. The maximum absolute atomic E-state index is 12.9. The van der Waals surface area contributed by atoms with Crippen LogP contribution in [0, 0.1) is 6.92 Å². The highest BCUT2D eigenvalue weighted by Crippen LogP contribution is 2.27. The largest absolute Gasteiger partial charge is 0.383 e. The Morgan fingerprint density at radius 1 is 1.17 bits per heavy atom. The molecule has 0 radical (unpaired) electrons. The molecule has 2 aromatic heterocycles. The Labute approximate surface area is 211 Å². The van der Waals surface area contributed by atoms with Crippen LogP contribution in [0.15, 0.2) is 18.3 Å². The molecule has 2 aromatic rings. The zero-order valence-electron chi connectivity index (χ0n) is 20.7. The van der Waals surface area contributed by atoms with Gasteiger partial charge in [-0.3, -0.25) is 14.5 Å². The Kier molecular flexibility index (Phi) is 9.36. The molecule has 0 bridgehead atoms. The van der Waals surface area contributed by atoms with Gasteiger partial charge >= 0.3 is 0 Å². The van der Waals surface area contributed by atoms with E-state index in [9.17, 15) is 9.59 Å². The molecule has 4 heterocycles. The molecule has 35 heavy (non-hydrogen) atoms. The predicted molar refractivity (Wildman–Crippen MR) is 138 cm³/mol. The fourth-order valence-corrected chi connectivity index (χ4v) is 5.12. The predicted octanol–water partition coefficient (Wildman–Crippen LogP) is 2.01. The van der Waals surface area contributed by atoms with Gasteiger partial charge in [-0.25, -0.2) is 15.0 Å². The Morgan fingerprint density at radius 2 is 1.89 bits per heavy atom. The van der Waals surface area contributed by atoms with Crippen molar-refractivity contribution in [2.24, 2.45) is 5.73 Å². The quantitative estimate of drug-likeness (QED) is 0.464. The molecule has 11 heteroatoms. The van der Waals surface area contributed by atoms with E-state index in [1.54, 1.807) is 18.3 Å². The van der Waals surface area contributed by atoms with Gasteiger partial charge in [0, 0.05) is 44.8 Å². The summed E-state index contributed by atoms with van der Waals surface area (Å²) in [6, 6.07) is 4.08. The number of aldehydes is 1. The molecular weight excluding hydrogens is 468 g/mol. The van der Waals surface area contributed by atoms with Crippen molar-refractivity contribution in [3.8, 4) is 0 Å². The first-order chi connectivity index (χ1) is 16.9. The van der Waals surface area contributed by atoms with E-state index >= 15 is 0 Å². The average Bonchev–Trinajstić information content (AvgIpc) is 2.89. The van der Waals surface area contributed by atoms with Crippen LogP contribution >= 0.6 is 11.6 Å². The van der Waals surface area contributed by atoms with Gasteiger partial charge in [-0.2, -0.15) is 0 Å². The van der Waals surface area contributed by atoms with Crippen LogP contribution in [-0.4, -0.2) is 88.8 Å². The molecule has 2 saturated heterocycles. The van der Waals surface area contributed by atoms with Crippen molar-refractivity contribution in [1.82, 2.24) is 24.8 Å². The smallest absolute Gasteiger partial charge is 0.257 e. The summed E-state index contributed by atoms with van der Waals surface area (Å²) in [5, 5.41) is 0.286. The number of carbonyl (C=O) groups excluding carboxylic acids is 2.